The van der Waals surface area contributed by atoms with Crippen molar-refractivity contribution < 1.29 is 4.92 Å². The lowest BCUT2D eigenvalue weighted by atomic mass is 10.2. The van der Waals surface area contributed by atoms with Crippen LogP contribution in [0.25, 0.3) is 0 Å². The average Bonchev–Trinajstić information content (AvgIpc) is 2.77. The third-order valence-electron chi connectivity index (χ3n) is 2.53. The Morgan fingerprint density at radius 1 is 1.50 bits per heavy atom. The quantitative estimate of drug-likeness (QED) is 0.641. The van der Waals surface area contributed by atoms with Crippen LogP contribution >= 0.6 is 0 Å². The molecule has 0 aliphatic heterocycles. The van der Waals surface area contributed by atoms with Crippen LogP contribution in [0.15, 0.2) is 36.8 Å². The molecule has 0 spiro atoms. The SMILES string of the molecule is CNCc1cn(Cc2cccc([N+](=O)[O-])c2)cn1. The maximum Gasteiger partial charge on any atom is 0.269 e. The third-order valence-corrected chi connectivity index (χ3v) is 2.53. The summed E-state index contributed by atoms with van der Waals surface area (Å²) in [5.41, 5.74) is 1.95. The van der Waals surface area contributed by atoms with Crippen molar-refractivity contribution >= 4 is 5.69 Å². The Kier molecular flexibility index (Phi) is 3.69. The highest BCUT2D eigenvalue weighted by Gasteiger charge is 2.06. The molecule has 2 rings (SSSR count). The fraction of sp³-hybridized carbons (Fsp3) is 0.250. The van der Waals surface area contributed by atoms with Crippen molar-refractivity contribution in [3.8, 4) is 0 Å². The monoisotopic (exact) mass is 246 g/mol. The molecule has 0 fully saturated rings. The fourth-order valence-electron chi connectivity index (χ4n) is 1.74. The van der Waals surface area contributed by atoms with Crippen molar-refractivity contribution in [2.24, 2.45) is 0 Å². The minimum absolute atomic E-state index is 0.114. The number of hydrogen-bond acceptors (Lipinski definition) is 4. The normalized spacial score (nSPS) is 10.5. The summed E-state index contributed by atoms with van der Waals surface area (Å²) in [5, 5.41) is 13.7. The van der Waals surface area contributed by atoms with E-state index in [9.17, 15) is 10.1 Å². The number of rotatable bonds is 5. The van der Waals surface area contributed by atoms with Gasteiger partial charge in [0, 0.05) is 31.4 Å². The molecule has 0 amide bonds. The van der Waals surface area contributed by atoms with Crippen molar-refractivity contribution in [2.45, 2.75) is 13.1 Å². The molecule has 0 saturated carbocycles. The number of hydrogen-bond donors (Lipinski definition) is 1. The number of non-ortho nitro benzene ring substituents is 1. The van der Waals surface area contributed by atoms with E-state index in [1.807, 2.05) is 23.9 Å². The molecule has 0 atom stereocenters. The molecule has 1 aromatic carbocycles. The van der Waals surface area contributed by atoms with E-state index in [0.717, 1.165) is 11.3 Å². The maximum atomic E-state index is 10.7. The van der Waals surface area contributed by atoms with Gasteiger partial charge in [-0.3, -0.25) is 10.1 Å². The lowest BCUT2D eigenvalue weighted by molar-refractivity contribution is -0.384. The topological polar surface area (TPSA) is 73.0 Å². The van der Waals surface area contributed by atoms with E-state index in [1.54, 1.807) is 18.5 Å². The summed E-state index contributed by atoms with van der Waals surface area (Å²) in [5.74, 6) is 0. The van der Waals surface area contributed by atoms with Crippen LogP contribution in [0.4, 0.5) is 5.69 Å². The van der Waals surface area contributed by atoms with Crippen LogP contribution in [0.1, 0.15) is 11.3 Å². The summed E-state index contributed by atoms with van der Waals surface area (Å²) in [7, 11) is 1.86. The zero-order valence-corrected chi connectivity index (χ0v) is 10.0. The first-order valence-corrected chi connectivity index (χ1v) is 5.57. The molecular formula is C12H14N4O2. The van der Waals surface area contributed by atoms with Gasteiger partial charge in [0.2, 0.25) is 0 Å². The Morgan fingerprint density at radius 3 is 3.06 bits per heavy atom. The molecule has 6 nitrogen and oxygen atoms in total. The van der Waals surface area contributed by atoms with Crippen molar-refractivity contribution in [2.75, 3.05) is 7.05 Å². The lowest BCUT2D eigenvalue weighted by Gasteiger charge is -2.02. The highest BCUT2D eigenvalue weighted by molar-refractivity contribution is 5.34. The van der Waals surface area contributed by atoms with E-state index < -0.39 is 0 Å². The van der Waals surface area contributed by atoms with Gasteiger partial charge in [-0.05, 0) is 12.6 Å². The molecule has 18 heavy (non-hydrogen) atoms. The second-order valence-electron chi connectivity index (χ2n) is 3.99. The summed E-state index contributed by atoms with van der Waals surface area (Å²) < 4.78 is 1.91. The molecule has 0 bridgehead atoms. The van der Waals surface area contributed by atoms with Gasteiger partial charge in [0.1, 0.15) is 0 Å². The van der Waals surface area contributed by atoms with E-state index >= 15 is 0 Å². The van der Waals surface area contributed by atoms with Gasteiger partial charge < -0.3 is 9.88 Å². The molecule has 1 aromatic heterocycles. The van der Waals surface area contributed by atoms with Crippen molar-refractivity contribution in [3.63, 3.8) is 0 Å². The number of aromatic nitrogens is 2. The Bertz CT molecular complexity index is 551. The molecule has 0 aliphatic rings. The van der Waals surface area contributed by atoms with Gasteiger partial charge in [0.05, 0.1) is 16.9 Å². The molecule has 6 heteroatoms. The minimum Gasteiger partial charge on any atom is -0.333 e. The van der Waals surface area contributed by atoms with E-state index in [-0.39, 0.29) is 10.6 Å². The molecule has 2 aromatic rings. The largest absolute Gasteiger partial charge is 0.333 e. The zero-order chi connectivity index (χ0) is 13.0. The molecule has 0 unspecified atom stereocenters. The minimum atomic E-state index is -0.385. The first kappa shape index (κ1) is 12.3. The summed E-state index contributed by atoms with van der Waals surface area (Å²) in [6.07, 6.45) is 3.65. The van der Waals surface area contributed by atoms with Crippen molar-refractivity contribution in [3.05, 3.63) is 58.2 Å². The van der Waals surface area contributed by atoms with Gasteiger partial charge >= 0.3 is 0 Å². The van der Waals surface area contributed by atoms with Gasteiger partial charge in [-0.15, -0.1) is 0 Å². The summed E-state index contributed by atoms with van der Waals surface area (Å²) >= 11 is 0. The average molecular weight is 246 g/mol. The third kappa shape index (κ3) is 2.92. The Balaban J connectivity index is 2.12. The number of imidazole rings is 1. The Labute approximate surface area is 104 Å². The summed E-state index contributed by atoms with van der Waals surface area (Å²) in [6.45, 7) is 1.29. The van der Waals surface area contributed by atoms with Crippen LogP contribution in [0, 0.1) is 10.1 Å². The molecule has 1 N–H and O–H groups in total. The fourth-order valence-corrected chi connectivity index (χ4v) is 1.74. The number of nitrogens with one attached hydrogen (secondary N) is 1. The van der Waals surface area contributed by atoms with Crippen LogP contribution in [-0.4, -0.2) is 21.5 Å². The Morgan fingerprint density at radius 2 is 2.33 bits per heavy atom. The first-order valence-electron chi connectivity index (χ1n) is 5.57. The van der Waals surface area contributed by atoms with E-state index in [0.29, 0.717) is 13.1 Å². The molecular weight excluding hydrogens is 232 g/mol. The number of benzene rings is 1. The first-order chi connectivity index (χ1) is 8.69. The van der Waals surface area contributed by atoms with Crippen molar-refractivity contribution in [1.29, 1.82) is 0 Å². The van der Waals surface area contributed by atoms with Gasteiger partial charge in [0.25, 0.3) is 5.69 Å². The second-order valence-corrected chi connectivity index (χ2v) is 3.99. The molecule has 1 heterocycles. The summed E-state index contributed by atoms with van der Waals surface area (Å²) in [6, 6.07) is 6.63. The van der Waals surface area contributed by atoms with E-state index in [4.69, 9.17) is 0 Å². The molecule has 0 saturated heterocycles. The van der Waals surface area contributed by atoms with Gasteiger partial charge in [-0.25, -0.2) is 4.98 Å². The predicted octanol–water partition coefficient (Wildman–Crippen LogP) is 1.56. The van der Waals surface area contributed by atoms with Crippen LogP contribution in [0.2, 0.25) is 0 Å². The highest BCUT2D eigenvalue weighted by Crippen LogP contribution is 2.14. The Hall–Kier alpha value is -2.21. The standard InChI is InChI=1S/C12H14N4O2/c1-13-6-11-8-15(9-14-11)7-10-3-2-4-12(5-10)16(17)18/h2-5,8-9,13H,6-7H2,1H3. The summed E-state index contributed by atoms with van der Waals surface area (Å²) in [4.78, 5) is 14.5. The predicted molar refractivity (Wildman–Crippen MR) is 67.2 cm³/mol. The maximum absolute atomic E-state index is 10.7. The molecule has 0 aliphatic carbocycles. The van der Waals surface area contributed by atoms with Crippen LogP contribution in [0.5, 0.6) is 0 Å². The number of nitro benzene ring substituents is 1. The molecule has 94 valence electrons. The highest BCUT2D eigenvalue weighted by atomic mass is 16.6. The van der Waals surface area contributed by atoms with Crippen LogP contribution < -0.4 is 5.32 Å². The zero-order valence-electron chi connectivity index (χ0n) is 10.0. The van der Waals surface area contributed by atoms with Crippen molar-refractivity contribution in [1.82, 2.24) is 14.9 Å². The van der Waals surface area contributed by atoms with E-state index in [1.165, 1.54) is 6.07 Å². The van der Waals surface area contributed by atoms with Crippen LogP contribution in [-0.2, 0) is 13.1 Å². The number of nitrogens with zero attached hydrogens (tertiary/aromatic N) is 3. The van der Waals surface area contributed by atoms with E-state index in [2.05, 4.69) is 10.3 Å². The second kappa shape index (κ2) is 5.42. The van der Waals surface area contributed by atoms with Gasteiger partial charge in [-0.2, -0.15) is 0 Å². The smallest absolute Gasteiger partial charge is 0.269 e. The number of nitro groups is 1. The van der Waals surface area contributed by atoms with Crippen LogP contribution in [0.3, 0.4) is 0 Å². The van der Waals surface area contributed by atoms with Gasteiger partial charge in [-0.1, -0.05) is 12.1 Å². The van der Waals surface area contributed by atoms with Gasteiger partial charge in [0.15, 0.2) is 0 Å². The lowest BCUT2D eigenvalue weighted by Crippen LogP contribution is -2.05. The molecule has 0 radical (unpaired) electrons.